The SMILES string of the molecule is c1ccc(-c2nc(-c3ccc(-c4ccc5oc6ccccc6c5c4)cc3)cc(-c3ccc(-c4c5ccccc5cc5c4ccc4ccccc45)c4ccccc34)n2)cc1. The summed E-state index contributed by atoms with van der Waals surface area (Å²) in [5.74, 6) is 0.694. The molecular formula is C56H34N2O. The molecule has 0 radical (unpaired) electrons. The lowest BCUT2D eigenvalue weighted by atomic mass is 9.86. The van der Waals surface area contributed by atoms with E-state index in [1.54, 1.807) is 0 Å². The molecule has 12 aromatic rings. The molecule has 3 heteroatoms. The van der Waals surface area contributed by atoms with Crippen LogP contribution in [0.5, 0.6) is 0 Å². The van der Waals surface area contributed by atoms with E-state index in [0.717, 1.165) is 66.5 Å². The van der Waals surface area contributed by atoms with E-state index in [2.05, 4.69) is 176 Å². The smallest absolute Gasteiger partial charge is 0.160 e. The van der Waals surface area contributed by atoms with Crippen LogP contribution < -0.4 is 0 Å². The lowest BCUT2D eigenvalue weighted by Crippen LogP contribution is -1.97. The van der Waals surface area contributed by atoms with Crippen molar-refractivity contribution in [3.63, 3.8) is 0 Å². The van der Waals surface area contributed by atoms with Crippen LogP contribution in [-0.2, 0) is 0 Å². The van der Waals surface area contributed by atoms with Gasteiger partial charge >= 0.3 is 0 Å². The number of para-hydroxylation sites is 1. The van der Waals surface area contributed by atoms with Crippen molar-refractivity contribution >= 4 is 65.0 Å². The minimum atomic E-state index is 0.694. The van der Waals surface area contributed by atoms with Gasteiger partial charge in [0.15, 0.2) is 5.82 Å². The van der Waals surface area contributed by atoms with Gasteiger partial charge in [-0.1, -0.05) is 176 Å². The first-order valence-corrected chi connectivity index (χ1v) is 20.1. The van der Waals surface area contributed by atoms with Crippen LogP contribution in [0.25, 0.3) is 121 Å². The Hall–Kier alpha value is -7.88. The zero-order valence-corrected chi connectivity index (χ0v) is 31.9. The second-order valence-corrected chi connectivity index (χ2v) is 15.3. The minimum Gasteiger partial charge on any atom is -0.456 e. The largest absolute Gasteiger partial charge is 0.456 e. The molecule has 0 amide bonds. The summed E-state index contributed by atoms with van der Waals surface area (Å²) in [6.45, 7) is 0. The summed E-state index contributed by atoms with van der Waals surface area (Å²) < 4.78 is 6.11. The van der Waals surface area contributed by atoms with Gasteiger partial charge in [0, 0.05) is 27.5 Å². The van der Waals surface area contributed by atoms with E-state index >= 15 is 0 Å². The Morgan fingerprint density at radius 1 is 0.288 bits per heavy atom. The summed E-state index contributed by atoms with van der Waals surface area (Å²) >= 11 is 0. The lowest BCUT2D eigenvalue weighted by Gasteiger charge is -2.17. The van der Waals surface area contributed by atoms with Crippen LogP contribution in [0, 0.1) is 0 Å². The van der Waals surface area contributed by atoms with Crippen LogP contribution >= 0.6 is 0 Å². The van der Waals surface area contributed by atoms with Gasteiger partial charge in [-0.3, -0.25) is 0 Å². The van der Waals surface area contributed by atoms with Gasteiger partial charge in [0.2, 0.25) is 0 Å². The summed E-state index contributed by atoms with van der Waals surface area (Å²) in [6, 6.07) is 73.5. The van der Waals surface area contributed by atoms with Crippen molar-refractivity contribution in [2.45, 2.75) is 0 Å². The molecule has 0 N–H and O–H groups in total. The molecule has 2 aromatic heterocycles. The van der Waals surface area contributed by atoms with Crippen LogP contribution in [0.3, 0.4) is 0 Å². The molecule has 0 saturated carbocycles. The number of rotatable bonds is 5. The summed E-state index contributed by atoms with van der Waals surface area (Å²) in [6.07, 6.45) is 0. The molecule has 10 aromatic carbocycles. The Morgan fingerprint density at radius 2 is 0.898 bits per heavy atom. The fraction of sp³-hybridized carbons (Fsp3) is 0. The Labute approximate surface area is 340 Å². The van der Waals surface area contributed by atoms with Gasteiger partial charge in [-0.05, 0) is 95.7 Å². The lowest BCUT2D eigenvalue weighted by molar-refractivity contribution is 0.669. The van der Waals surface area contributed by atoms with Crippen LogP contribution in [0.4, 0.5) is 0 Å². The first-order valence-electron chi connectivity index (χ1n) is 20.1. The third kappa shape index (κ3) is 5.51. The van der Waals surface area contributed by atoms with E-state index in [1.165, 1.54) is 48.8 Å². The Kier molecular flexibility index (Phi) is 7.54. The average Bonchev–Trinajstić information content (AvgIpc) is 3.69. The maximum absolute atomic E-state index is 6.11. The van der Waals surface area contributed by atoms with E-state index < -0.39 is 0 Å². The topological polar surface area (TPSA) is 38.9 Å². The molecule has 0 atom stereocenters. The molecule has 59 heavy (non-hydrogen) atoms. The molecule has 0 unspecified atom stereocenters. The fourth-order valence-corrected chi connectivity index (χ4v) is 9.04. The van der Waals surface area contributed by atoms with Gasteiger partial charge < -0.3 is 4.42 Å². The number of hydrogen-bond donors (Lipinski definition) is 0. The predicted octanol–water partition coefficient (Wildman–Crippen LogP) is 15.3. The monoisotopic (exact) mass is 750 g/mol. The number of benzene rings is 10. The van der Waals surface area contributed by atoms with E-state index in [1.807, 2.05) is 30.3 Å². The number of hydrogen-bond acceptors (Lipinski definition) is 3. The van der Waals surface area contributed by atoms with Gasteiger partial charge in [0.05, 0.1) is 11.4 Å². The van der Waals surface area contributed by atoms with Crippen molar-refractivity contribution in [2.75, 3.05) is 0 Å². The number of fused-ring (bicyclic) bond motifs is 8. The summed E-state index contributed by atoms with van der Waals surface area (Å²) in [5, 5.41) is 12.1. The van der Waals surface area contributed by atoms with Gasteiger partial charge in [-0.25, -0.2) is 9.97 Å². The normalized spacial score (nSPS) is 11.7. The van der Waals surface area contributed by atoms with Crippen molar-refractivity contribution < 1.29 is 4.42 Å². The van der Waals surface area contributed by atoms with Gasteiger partial charge in [0.1, 0.15) is 11.2 Å². The molecule has 2 heterocycles. The number of nitrogens with zero attached hydrogens (tertiary/aromatic N) is 2. The fourth-order valence-electron chi connectivity index (χ4n) is 9.04. The highest BCUT2D eigenvalue weighted by molar-refractivity contribution is 6.23. The summed E-state index contributed by atoms with van der Waals surface area (Å²) in [4.78, 5) is 10.5. The third-order valence-electron chi connectivity index (χ3n) is 11.9. The minimum absolute atomic E-state index is 0.694. The molecule has 0 spiro atoms. The van der Waals surface area contributed by atoms with Crippen molar-refractivity contribution in [3.05, 3.63) is 206 Å². The van der Waals surface area contributed by atoms with Crippen LogP contribution in [0.15, 0.2) is 211 Å². The molecule has 0 aliphatic rings. The highest BCUT2D eigenvalue weighted by Crippen LogP contribution is 2.44. The number of furan rings is 1. The van der Waals surface area contributed by atoms with Gasteiger partial charge in [-0.15, -0.1) is 0 Å². The maximum Gasteiger partial charge on any atom is 0.160 e. The zero-order valence-electron chi connectivity index (χ0n) is 31.9. The van der Waals surface area contributed by atoms with Gasteiger partial charge in [0.25, 0.3) is 0 Å². The first-order chi connectivity index (χ1) is 29.2. The van der Waals surface area contributed by atoms with Crippen LogP contribution in [-0.4, -0.2) is 9.97 Å². The van der Waals surface area contributed by atoms with Crippen LogP contribution in [0.2, 0.25) is 0 Å². The second-order valence-electron chi connectivity index (χ2n) is 15.3. The second kappa shape index (κ2) is 13.4. The van der Waals surface area contributed by atoms with Crippen molar-refractivity contribution in [1.82, 2.24) is 9.97 Å². The maximum atomic E-state index is 6.11. The number of aromatic nitrogens is 2. The Bertz CT molecular complexity index is 3600. The molecule has 3 nitrogen and oxygen atoms in total. The molecular weight excluding hydrogens is 717 g/mol. The Balaban J connectivity index is 1.02. The summed E-state index contributed by atoms with van der Waals surface area (Å²) in [5.41, 5.74) is 11.4. The van der Waals surface area contributed by atoms with E-state index in [9.17, 15) is 0 Å². The average molecular weight is 751 g/mol. The standard InChI is InChI=1S/C56H34N2O/c1-2-13-38(14-3-1)56-57-51(37-24-22-35(23-25-37)39-27-31-54-50(32-39)46-20-10-11-21-53(46)59-54)34-52(58-56)45-29-30-47(44-19-9-8-18-43(44)45)55-42-17-7-5-15-40(42)33-49-41-16-6-4-12-36(41)26-28-48(49)55/h1-34H. The highest BCUT2D eigenvalue weighted by Gasteiger charge is 2.18. The van der Waals surface area contributed by atoms with Crippen molar-refractivity contribution in [2.24, 2.45) is 0 Å². The quantitative estimate of drug-likeness (QED) is 0.130. The molecule has 0 aliphatic carbocycles. The van der Waals surface area contributed by atoms with Crippen molar-refractivity contribution in [3.8, 4) is 56.2 Å². The Morgan fingerprint density at radius 3 is 1.73 bits per heavy atom. The van der Waals surface area contributed by atoms with E-state index in [-0.39, 0.29) is 0 Å². The van der Waals surface area contributed by atoms with Crippen LogP contribution in [0.1, 0.15) is 0 Å². The highest BCUT2D eigenvalue weighted by atomic mass is 16.3. The van der Waals surface area contributed by atoms with Crippen molar-refractivity contribution in [1.29, 1.82) is 0 Å². The molecule has 274 valence electrons. The van der Waals surface area contributed by atoms with Gasteiger partial charge in [-0.2, -0.15) is 0 Å². The van der Waals surface area contributed by atoms with E-state index in [4.69, 9.17) is 14.4 Å². The summed E-state index contributed by atoms with van der Waals surface area (Å²) in [7, 11) is 0. The van der Waals surface area contributed by atoms with E-state index in [0.29, 0.717) is 5.82 Å². The molecule has 0 aliphatic heterocycles. The zero-order chi connectivity index (χ0) is 38.9. The molecule has 0 saturated heterocycles. The first kappa shape index (κ1) is 33.3. The molecule has 12 rings (SSSR count). The predicted molar refractivity (Wildman–Crippen MR) is 247 cm³/mol. The molecule has 0 fully saturated rings. The third-order valence-corrected chi connectivity index (χ3v) is 11.9. The molecule has 0 bridgehead atoms.